The van der Waals surface area contributed by atoms with Crippen molar-refractivity contribution in [3.8, 4) is 0 Å². The number of rotatable bonds is 6. The Hall–Kier alpha value is -0.920. The lowest BCUT2D eigenvalue weighted by Crippen LogP contribution is -2.37. The standard InChI is InChI=1S/C9H10BrNO4S/c10-5-1-6(16-4-5)3-11-7(9(14)15)2-8(12)13/h1,4,7,11H,2-3H2,(H,12,13)(H,14,15). The minimum atomic E-state index is -1.15. The molecule has 0 aliphatic carbocycles. The molecule has 1 atom stereocenters. The Morgan fingerprint density at radius 2 is 2.19 bits per heavy atom. The van der Waals surface area contributed by atoms with E-state index >= 15 is 0 Å². The minimum absolute atomic E-state index is 0.348. The van der Waals surface area contributed by atoms with Gasteiger partial charge in [0.25, 0.3) is 0 Å². The Kier molecular flexibility index (Phi) is 4.91. The Bertz CT molecular complexity index is 393. The highest BCUT2D eigenvalue weighted by Crippen LogP contribution is 2.19. The van der Waals surface area contributed by atoms with Gasteiger partial charge in [0, 0.05) is 21.3 Å². The molecule has 1 heterocycles. The summed E-state index contributed by atoms with van der Waals surface area (Å²) < 4.78 is 0.930. The number of halogens is 1. The second-order valence-corrected chi connectivity index (χ2v) is 5.01. The van der Waals surface area contributed by atoms with Crippen LogP contribution in [0.2, 0.25) is 0 Å². The van der Waals surface area contributed by atoms with E-state index in [1.165, 1.54) is 11.3 Å². The summed E-state index contributed by atoms with van der Waals surface area (Å²) in [7, 11) is 0. The zero-order valence-electron chi connectivity index (χ0n) is 8.14. The molecule has 1 unspecified atom stereocenters. The Morgan fingerprint density at radius 1 is 1.50 bits per heavy atom. The van der Waals surface area contributed by atoms with Gasteiger partial charge < -0.3 is 10.2 Å². The molecule has 0 saturated carbocycles. The number of thiophene rings is 1. The van der Waals surface area contributed by atoms with Gasteiger partial charge in [0.1, 0.15) is 6.04 Å². The molecular weight excluding hydrogens is 298 g/mol. The van der Waals surface area contributed by atoms with Crippen molar-refractivity contribution in [1.29, 1.82) is 0 Å². The van der Waals surface area contributed by atoms with E-state index in [2.05, 4.69) is 21.2 Å². The van der Waals surface area contributed by atoms with Crippen LogP contribution >= 0.6 is 27.3 Å². The van der Waals surface area contributed by atoms with Gasteiger partial charge in [0.05, 0.1) is 6.42 Å². The predicted octanol–water partition coefficient (Wildman–Crippen LogP) is 1.53. The highest BCUT2D eigenvalue weighted by molar-refractivity contribution is 9.10. The van der Waals surface area contributed by atoms with Gasteiger partial charge in [0.15, 0.2) is 0 Å². The smallest absolute Gasteiger partial charge is 0.321 e. The summed E-state index contributed by atoms with van der Waals surface area (Å²) in [5.41, 5.74) is 0. The van der Waals surface area contributed by atoms with Crippen molar-refractivity contribution in [2.45, 2.75) is 19.0 Å². The molecule has 0 spiro atoms. The summed E-state index contributed by atoms with van der Waals surface area (Å²) in [5.74, 6) is -2.29. The van der Waals surface area contributed by atoms with E-state index in [9.17, 15) is 9.59 Å². The van der Waals surface area contributed by atoms with E-state index in [1.54, 1.807) is 0 Å². The van der Waals surface area contributed by atoms with Crippen molar-refractivity contribution >= 4 is 39.2 Å². The van der Waals surface area contributed by atoms with Crippen molar-refractivity contribution < 1.29 is 19.8 Å². The van der Waals surface area contributed by atoms with Crippen LogP contribution in [0.25, 0.3) is 0 Å². The molecule has 0 amide bonds. The number of carbonyl (C=O) groups is 2. The molecule has 1 aromatic heterocycles. The van der Waals surface area contributed by atoms with Crippen LogP contribution in [0, 0.1) is 0 Å². The first-order chi connectivity index (χ1) is 7.49. The third kappa shape index (κ3) is 4.30. The summed E-state index contributed by atoms with van der Waals surface area (Å²) in [5, 5.41) is 21.9. The van der Waals surface area contributed by atoms with Crippen LogP contribution in [-0.4, -0.2) is 28.2 Å². The van der Waals surface area contributed by atoms with E-state index in [4.69, 9.17) is 10.2 Å². The summed E-state index contributed by atoms with van der Waals surface area (Å²) in [4.78, 5) is 22.1. The number of carboxylic acid groups (broad SMARTS) is 2. The van der Waals surface area contributed by atoms with Crippen molar-refractivity contribution in [3.05, 3.63) is 20.8 Å². The minimum Gasteiger partial charge on any atom is -0.481 e. The quantitative estimate of drug-likeness (QED) is 0.742. The van der Waals surface area contributed by atoms with Crippen molar-refractivity contribution in [2.75, 3.05) is 0 Å². The van der Waals surface area contributed by atoms with Gasteiger partial charge in [-0.15, -0.1) is 11.3 Å². The molecule has 0 aliphatic heterocycles. The first-order valence-electron chi connectivity index (χ1n) is 4.40. The molecule has 7 heteroatoms. The van der Waals surface area contributed by atoms with E-state index in [1.807, 2.05) is 11.4 Å². The van der Waals surface area contributed by atoms with Crippen molar-refractivity contribution in [3.63, 3.8) is 0 Å². The Balaban J connectivity index is 2.50. The maximum absolute atomic E-state index is 10.7. The molecule has 0 radical (unpaired) electrons. The number of hydrogen-bond acceptors (Lipinski definition) is 4. The average molecular weight is 308 g/mol. The van der Waals surface area contributed by atoms with Gasteiger partial charge in [-0.05, 0) is 22.0 Å². The molecule has 16 heavy (non-hydrogen) atoms. The Labute approximate surface area is 104 Å². The summed E-state index contributed by atoms with van der Waals surface area (Å²) in [6.45, 7) is 0.348. The van der Waals surface area contributed by atoms with E-state index in [0.717, 1.165) is 9.35 Å². The van der Waals surface area contributed by atoms with Crippen LogP contribution in [0.4, 0.5) is 0 Å². The molecular formula is C9H10BrNO4S. The fraction of sp³-hybridized carbons (Fsp3) is 0.333. The molecule has 1 aromatic rings. The monoisotopic (exact) mass is 307 g/mol. The average Bonchev–Trinajstić information content (AvgIpc) is 2.58. The number of carboxylic acids is 2. The fourth-order valence-electron chi connectivity index (χ4n) is 1.09. The van der Waals surface area contributed by atoms with Crippen LogP contribution < -0.4 is 5.32 Å². The third-order valence-electron chi connectivity index (χ3n) is 1.82. The molecule has 3 N–H and O–H groups in total. The lowest BCUT2D eigenvalue weighted by molar-refractivity contribution is -0.146. The van der Waals surface area contributed by atoms with Crippen LogP contribution in [0.15, 0.2) is 15.9 Å². The first-order valence-corrected chi connectivity index (χ1v) is 6.07. The van der Waals surface area contributed by atoms with Gasteiger partial charge >= 0.3 is 11.9 Å². The van der Waals surface area contributed by atoms with Crippen LogP contribution in [0.1, 0.15) is 11.3 Å². The molecule has 0 bridgehead atoms. The van der Waals surface area contributed by atoms with Gasteiger partial charge in [-0.1, -0.05) is 0 Å². The molecule has 5 nitrogen and oxygen atoms in total. The van der Waals surface area contributed by atoms with Gasteiger partial charge in [-0.3, -0.25) is 14.9 Å². The number of nitrogens with one attached hydrogen (secondary N) is 1. The van der Waals surface area contributed by atoms with Crippen molar-refractivity contribution in [1.82, 2.24) is 5.32 Å². The summed E-state index contributed by atoms with van der Waals surface area (Å²) in [6.07, 6.45) is -0.429. The second-order valence-electron chi connectivity index (χ2n) is 3.10. The van der Waals surface area contributed by atoms with Crippen molar-refractivity contribution in [2.24, 2.45) is 0 Å². The maximum Gasteiger partial charge on any atom is 0.321 e. The second kappa shape index (κ2) is 5.97. The van der Waals surface area contributed by atoms with E-state index in [-0.39, 0.29) is 0 Å². The Morgan fingerprint density at radius 3 is 2.62 bits per heavy atom. The maximum atomic E-state index is 10.7. The zero-order valence-corrected chi connectivity index (χ0v) is 10.5. The lowest BCUT2D eigenvalue weighted by Gasteiger charge is -2.10. The molecule has 0 saturated heterocycles. The SMILES string of the molecule is O=C(O)CC(NCc1cc(Br)cs1)C(=O)O. The highest BCUT2D eigenvalue weighted by atomic mass is 79.9. The zero-order chi connectivity index (χ0) is 12.1. The third-order valence-corrected chi connectivity index (χ3v) is 3.52. The van der Waals surface area contributed by atoms with Gasteiger partial charge in [0.2, 0.25) is 0 Å². The van der Waals surface area contributed by atoms with Crippen LogP contribution in [-0.2, 0) is 16.1 Å². The lowest BCUT2D eigenvalue weighted by atomic mass is 10.2. The molecule has 0 aromatic carbocycles. The van der Waals surface area contributed by atoms with E-state index in [0.29, 0.717) is 6.54 Å². The normalized spacial score (nSPS) is 12.3. The molecule has 0 aliphatic rings. The number of hydrogen-bond donors (Lipinski definition) is 3. The van der Waals surface area contributed by atoms with Crippen LogP contribution in [0.5, 0.6) is 0 Å². The first kappa shape index (κ1) is 13.1. The highest BCUT2D eigenvalue weighted by Gasteiger charge is 2.20. The van der Waals surface area contributed by atoms with E-state index < -0.39 is 24.4 Å². The van der Waals surface area contributed by atoms with Crippen LogP contribution in [0.3, 0.4) is 0 Å². The summed E-state index contributed by atoms with van der Waals surface area (Å²) >= 11 is 4.75. The van der Waals surface area contributed by atoms with Gasteiger partial charge in [-0.2, -0.15) is 0 Å². The summed E-state index contributed by atoms with van der Waals surface area (Å²) in [6, 6.07) is 0.801. The molecule has 88 valence electrons. The fourth-order valence-corrected chi connectivity index (χ4v) is 2.49. The molecule has 1 rings (SSSR count). The predicted molar refractivity (Wildman–Crippen MR) is 62.5 cm³/mol. The number of aliphatic carboxylic acids is 2. The molecule has 0 fully saturated rings. The topological polar surface area (TPSA) is 86.6 Å². The van der Waals surface area contributed by atoms with Gasteiger partial charge in [-0.25, -0.2) is 0 Å². The largest absolute Gasteiger partial charge is 0.481 e.